The molecular formula is C9H10N6S. The Labute approximate surface area is 96.3 Å². The maximum absolute atomic E-state index is 5.74. The molecule has 0 spiro atoms. The first-order valence-electron chi connectivity index (χ1n) is 4.43. The van der Waals surface area contributed by atoms with Gasteiger partial charge in [0, 0.05) is 12.3 Å². The molecule has 0 atom stereocenters. The summed E-state index contributed by atoms with van der Waals surface area (Å²) in [5.41, 5.74) is 17.4. The Morgan fingerprint density at radius 2 is 1.75 bits per heavy atom. The predicted molar refractivity (Wildman–Crippen MR) is 63.6 cm³/mol. The van der Waals surface area contributed by atoms with Crippen molar-refractivity contribution in [3.8, 4) is 0 Å². The van der Waals surface area contributed by atoms with Crippen molar-refractivity contribution in [1.82, 2.24) is 15.0 Å². The van der Waals surface area contributed by atoms with Crippen molar-refractivity contribution in [2.75, 3.05) is 17.2 Å². The predicted octanol–water partition coefficient (Wildman–Crippen LogP) is 0.769. The van der Waals surface area contributed by atoms with Crippen LogP contribution in [0.3, 0.4) is 0 Å². The van der Waals surface area contributed by atoms with E-state index in [1.54, 1.807) is 18.3 Å². The second kappa shape index (κ2) is 4.23. The SMILES string of the molecule is Nc1cc(N)nc(Sc2ncccc2N)n1. The highest BCUT2D eigenvalue weighted by Gasteiger charge is 2.06. The summed E-state index contributed by atoms with van der Waals surface area (Å²) in [6.07, 6.45) is 1.65. The van der Waals surface area contributed by atoms with Crippen molar-refractivity contribution < 1.29 is 0 Å². The molecule has 0 fully saturated rings. The van der Waals surface area contributed by atoms with Gasteiger partial charge < -0.3 is 17.2 Å². The van der Waals surface area contributed by atoms with Crippen molar-refractivity contribution in [1.29, 1.82) is 0 Å². The molecule has 0 aliphatic rings. The summed E-state index contributed by atoms with van der Waals surface area (Å²) in [5, 5.41) is 1.07. The lowest BCUT2D eigenvalue weighted by molar-refractivity contribution is 0.978. The number of anilines is 3. The summed E-state index contributed by atoms with van der Waals surface area (Å²) in [5.74, 6) is 0.647. The second-order valence-corrected chi connectivity index (χ2v) is 3.96. The Bertz CT molecular complexity index is 495. The molecule has 0 amide bonds. The molecule has 2 heterocycles. The van der Waals surface area contributed by atoms with Crippen molar-refractivity contribution in [2.45, 2.75) is 10.2 Å². The lowest BCUT2D eigenvalue weighted by Crippen LogP contribution is -2.00. The number of nitrogen functional groups attached to an aromatic ring is 3. The van der Waals surface area contributed by atoms with Gasteiger partial charge in [0.2, 0.25) is 0 Å². The molecule has 0 aliphatic heterocycles. The minimum Gasteiger partial charge on any atom is -0.397 e. The van der Waals surface area contributed by atoms with E-state index in [4.69, 9.17) is 17.2 Å². The Balaban J connectivity index is 2.30. The Kier molecular flexibility index (Phi) is 2.78. The molecule has 2 aromatic heterocycles. The van der Waals surface area contributed by atoms with Crippen LogP contribution < -0.4 is 17.2 Å². The summed E-state index contributed by atoms with van der Waals surface area (Å²) in [6.45, 7) is 0. The molecule has 6 N–H and O–H groups in total. The van der Waals surface area contributed by atoms with E-state index >= 15 is 0 Å². The number of hydrogen-bond donors (Lipinski definition) is 3. The topological polar surface area (TPSA) is 117 Å². The minimum absolute atomic E-state index is 0.324. The van der Waals surface area contributed by atoms with Crippen LogP contribution in [0.15, 0.2) is 34.6 Å². The minimum atomic E-state index is 0.324. The molecule has 7 heteroatoms. The van der Waals surface area contributed by atoms with Crippen LogP contribution in [0.4, 0.5) is 17.3 Å². The molecule has 2 aromatic rings. The zero-order chi connectivity index (χ0) is 11.5. The fraction of sp³-hybridized carbons (Fsp3) is 0. The van der Waals surface area contributed by atoms with Crippen molar-refractivity contribution in [2.24, 2.45) is 0 Å². The Morgan fingerprint density at radius 1 is 1.06 bits per heavy atom. The number of pyridine rings is 1. The monoisotopic (exact) mass is 234 g/mol. The zero-order valence-electron chi connectivity index (χ0n) is 8.29. The van der Waals surface area contributed by atoms with E-state index in [1.165, 1.54) is 17.8 Å². The first-order valence-corrected chi connectivity index (χ1v) is 5.25. The lowest BCUT2D eigenvalue weighted by atomic mass is 10.4. The molecule has 0 aliphatic carbocycles. The fourth-order valence-corrected chi connectivity index (χ4v) is 1.86. The molecule has 82 valence electrons. The molecule has 6 nitrogen and oxygen atoms in total. The second-order valence-electron chi connectivity index (χ2n) is 3.00. The molecule has 0 radical (unpaired) electrons. The molecular weight excluding hydrogens is 224 g/mol. The number of hydrogen-bond acceptors (Lipinski definition) is 7. The number of aromatic nitrogens is 3. The van der Waals surface area contributed by atoms with E-state index in [2.05, 4.69) is 15.0 Å². The van der Waals surface area contributed by atoms with Gasteiger partial charge in [0.25, 0.3) is 0 Å². The molecule has 0 bridgehead atoms. The Morgan fingerprint density at radius 3 is 2.38 bits per heavy atom. The van der Waals surface area contributed by atoms with E-state index in [1.807, 2.05) is 0 Å². The summed E-state index contributed by atoms with van der Waals surface area (Å²) in [6, 6.07) is 5.00. The van der Waals surface area contributed by atoms with E-state index in [9.17, 15) is 0 Å². The third-order valence-electron chi connectivity index (χ3n) is 1.73. The maximum atomic E-state index is 5.74. The highest BCUT2D eigenvalue weighted by atomic mass is 32.2. The van der Waals surface area contributed by atoms with Crippen molar-refractivity contribution in [3.05, 3.63) is 24.4 Å². The van der Waals surface area contributed by atoms with Crippen LogP contribution in [-0.4, -0.2) is 15.0 Å². The van der Waals surface area contributed by atoms with Crippen LogP contribution in [0, 0.1) is 0 Å². The number of nitrogens with two attached hydrogens (primary N) is 3. The number of rotatable bonds is 2. The molecule has 0 saturated carbocycles. The summed E-state index contributed by atoms with van der Waals surface area (Å²) < 4.78 is 0. The number of nitrogens with zero attached hydrogens (tertiary/aromatic N) is 3. The molecule has 0 aromatic carbocycles. The quantitative estimate of drug-likeness (QED) is 0.657. The average molecular weight is 234 g/mol. The van der Waals surface area contributed by atoms with E-state index in [-0.39, 0.29) is 0 Å². The zero-order valence-corrected chi connectivity index (χ0v) is 9.11. The van der Waals surface area contributed by atoms with Gasteiger partial charge in [-0.2, -0.15) is 0 Å². The van der Waals surface area contributed by atoms with Gasteiger partial charge in [-0.15, -0.1) is 0 Å². The van der Waals surface area contributed by atoms with Gasteiger partial charge in [-0.3, -0.25) is 0 Å². The maximum Gasteiger partial charge on any atom is 0.197 e. The van der Waals surface area contributed by atoms with Gasteiger partial charge in [0.1, 0.15) is 16.7 Å². The highest BCUT2D eigenvalue weighted by Crippen LogP contribution is 2.27. The van der Waals surface area contributed by atoms with Crippen molar-refractivity contribution in [3.63, 3.8) is 0 Å². The normalized spacial score (nSPS) is 10.2. The summed E-state index contributed by atoms with van der Waals surface area (Å²) in [7, 11) is 0. The van der Waals surface area contributed by atoms with Crippen LogP contribution in [0.1, 0.15) is 0 Å². The highest BCUT2D eigenvalue weighted by molar-refractivity contribution is 7.99. The standard InChI is InChI=1S/C9H10N6S/c10-5-2-1-3-13-8(5)16-9-14-6(11)4-7(12)15-9/h1-4H,10H2,(H4,11,12,14,15). The van der Waals surface area contributed by atoms with Gasteiger partial charge >= 0.3 is 0 Å². The Hall–Kier alpha value is -2.02. The van der Waals surface area contributed by atoms with Crippen LogP contribution >= 0.6 is 11.8 Å². The first-order chi connectivity index (χ1) is 7.65. The molecule has 0 saturated heterocycles. The van der Waals surface area contributed by atoms with Gasteiger partial charge in [-0.1, -0.05) is 0 Å². The molecule has 0 unspecified atom stereocenters. The first kappa shape index (κ1) is 10.5. The summed E-state index contributed by atoms with van der Waals surface area (Å²) >= 11 is 1.22. The van der Waals surface area contributed by atoms with Crippen LogP contribution in [0.5, 0.6) is 0 Å². The third-order valence-corrected chi connectivity index (χ3v) is 2.63. The largest absolute Gasteiger partial charge is 0.397 e. The molecule has 2 rings (SSSR count). The van der Waals surface area contributed by atoms with Gasteiger partial charge in [-0.05, 0) is 23.9 Å². The van der Waals surface area contributed by atoms with Crippen molar-refractivity contribution >= 4 is 29.1 Å². The van der Waals surface area contributed by atoms with E-state index in [0.717, 1.165) is 0 Å². The smallest absolute Gasteiger partial charge is 0.197 e. The van der Waals surface area contributed by atoms with E-state index < -0.39 is 0 Å². The van der Waals surface area contributed by atoms with Gasteiger partial charge in [0.15, 0.2) is 5.16 Å². The average Bonchev–Trinajstić information content (AvgIpc) is 2.20. The fourth-order valence-electron chi connectivity index (χ4n) is 1.08. The van der Waals surface area contributed by atoms with E-state index in [0.29, 0.717) is 27.5 Å². The summed E-state index contributed by atoms with van der Waals surface area (Å²) in [4.78, 5) is 12.2. The third kappa shape index (κ3) is 2.31. The van der Waals surface area contributed by atoms with Crippen LogP contribution in [-0.2, 0) is 0 Å². The molecule has 16 heavy (non-hydrogen) atoms. The van der Waals surface area contributed by atoms with Gasteiger partial charge in [-0.25, -0.2) is 15.0 Å². The van der Waals surface area contributed by atoms with Gasteiger partial charge in [0.05, 0.1) is 5.69 Å². The van der Waals surface area contributed by atoms with Crippen LogP contribution in [0.25, 0.3) is 0 Å². The van der Waals surface area contributed by atoms with Crippen LogP contribution in [0.2, 0.25) is 0 Å². The lowest BCUT2D eigenvalue weighted by Gasteiger charge is -2.03.